The zero-order valence-corrected chi connectivity index (χ0v) is 11.1. The fraction of sp³-hybridized carbons (Fsp3) is 0.214. The van der Waals surface area contributed by atoms with Crippen molar-refractivity contribution in [3.05, 3.63) is 46.7 Å². The van der Waals surface area contributed by atoms with Gasteiger partial charge in [-0.2, -0.15) is 0 Å². The molecule has 0 aliphatic heterocycles. The molecule has 18 heavy (non-hydrogen) atoms. The summed E-state index contributed by atoms with van der Waals surface area (Å²) in [6, 6.07) is 12.3. The molecular weight excluding hydrogens is 246 g/mol. The van der Waals surface area contributed by atoms with Crippen molar-refractivity contribution in [1.82, 2.24) is 0 Å². The maximum absolute atomic E-state index is 9.01. The first-order chi connectivity index (χ1) is 8.66. The predicted molar refractivity (Wildman–Crippen MR) is 74.7 cm³/mol. The molecule has 0 amide bonds. The summed E-state index contributed by atoms with van der Waals surface area (Å²) in [4.78, 5) is 5.86. The normalized spacial score (nSPS) is 13.4. The van der Waals surface area contributed by atoms with Crippen LogP contribution in [0.25, 0.3) is 11.1 Å². The molecule has 4 heteroatoms. The van der Waals surface area contributed by atoms with Gasteiger partial charge in [-0.1, -0.05) is 35.5 Å². The summed E-state index contributed by atoms with van der Waals surface area (Å²) in [5.74, 6) is 0. The van der Waals surface area contributed by atoms with Crippen molar-refractivity contribution < 1.29 is 9.94 Å². The third kappa shape index (κ3) is 3.18. The number of thiophene rings is 1. The lowest BCUT2D eigenvalue weighted by atomic mass is 10.1. The molecule has 1 aromatic heterocycles. The first kappa shape index (κ1) is 12.8. The van der Waals surface area contributed by atoms with E-state index in [0.29, 0.717) is 0 Å². The van der Waals surface area contributed by atoms with Gasteiger partial charge >= 0.3 is 0 Å². The third-order valence-electron chi connectivity index (χ3n) is 2.41. The third-order valence-corrected chi connectivity index (χ3v) is 3.44. The Bertz CT molecular complexity index is 532. The fourth-order valence-corrected chi connectivity index (χ4v) is 2.37. The summed E-state index contributed by atoms with van der Waals surface area (Å²) < 4.78 is 0. The zero-order valence-electron chi connectivity index (χ0n) is 10.3. The van der Waals surface area contributed by atoms with E-state index in [-0.39, 0.29) is 0 Å². The Hall–Kier alpha value is -1.65. The summed E-state index contributed by atoms with van der Waals surface area (Å²) in [5.41, 5.74) is 3.12. The predicted octanol–water partition coefficient (Wildman–Crippen LogP) is 3.49. The van der Waals surface area contributed by atoms with E-state index in [2.05, 4.69) is 28.7 Å². The molecule has 1 aromatic carbocycles. The number of hydrogen-bond acceptors (Lipinski definition) is 4. The van der Waals surface area contributed by atoms with Gasteiger partial charge in [-0.25, -0.2) is 0 Å². The molecule has 2 aromatic rings. The smallest absolute Gasteiger partial charge is 0.221 e. The molecule has 3 nitrogen and oxygen atoms in total. The highest BCUT2D eigenvalue weighted by Gasteiger charge is 2.05. The van der Waals surface area contributed by atoms with Crippen LogP contribution >= 0.6 is 11.3 Å². The lowest BCUT2D eigenvalue weighted by molar-refractivity contribution is -0.0836. The quantitative estimate of drug-likeness (QED) is 0.520. The maximum Gasteiger partial charge on any atom is 0.221 e. The Morgan fingerprint density at radius 1 is 1.28 bits per heavy atom. The van der Waals surface area contributed by atoms with E-state index in [9.17, 15) is 0 Å². The van der Waals surface area contributed by atoms with Crippen LogP contribution in [-0.4, -0.2) is 17.1 Å². The highest BCUT2D eigenvalue weighted by molar-refractivity contribution is 7.12. The number of benzene rings is 1. The van der Waals surface area contributed by atoms with Crippen LogP contribution in [0.3, 0.4) is 0 Å². The molecule has 1 atom stereocenters. The Morgan fingerprint density at radius 2 is 2.00 bits per heavy atom. The molecule has 0 saturated carbocycles. The van der Waals surface area contributed by atoms with Gasteiger partial charge in [0.1, 0.15) is 0 Å². The molecular formula is C14H15NO2S. The van der Waals surface area contributed by atoms with Gasteiger partial charge in [-0.15, -0.1) is 11.3 Å². The molecule has 0 radical (unpaired) electrons. The summed E-state index contributed by atoms with van der Waals surface area (Å²) in [6.45, 7) is 3.39. The second-order valence-corrected chi connectivity index (χ2v) is 4.86. The van der Waals surface area contributed by atoms with E-state index < -0.39 is 6.29 Å². The highest BCUT2D eigenvalue weighted by Crippen LogP contribution is 2.25. The van der Waals surface area contributed by atoms with Crippen molar-refractivity contribution in [1.29, 1.82) is 0 Å². The van der Waals surface area contributed by atoms with Crippen molar-refractivity contribution in [2.45, 2.75) is 20.1 Å². The minimum atomic E-state index is -0.881. The molecule has 0 fully saturated rings. The van der Waals surface area contributed by atoms with Crippen molar-refractivity contribution >= 4 is 17.0 Å². The molecule has 2 rings (SSSR count). The number of hydrogen-bond donors (Lipinski definition) is 1. The van der Waals surface area contributed by atoms with Gasteiger partial charge in [0.05, 0.1) is 10.6 Å². The van der Waals surface area contributed by atoms with Gasteiger partial charge in [0.25, 0.3) is 0 Å². The average molecular weight is 261 g/mol. The van der Waals surface area contributed by atoms with Crippen LogP contribution in [0.5, 0.6) is 0 Å². The van der Waals surface area contributed by atoms with Crippen LogP contribution in [0, 0.1) is 0 Å². The van der Waals surface area contributed by atoms with E-state index in [0.717, 1.165) is 10.6 Å². The Balaban J connectivity index is 2.18. The molecule has 0 bridgehead atoms. The monoisotopic (exact) mass is 261 g/mol. The Morgan fingerprint density at radius 3 is 2.67 bits per heavy atom. The Labute approximate surface area is 110 Å². The SMILES string of the molecule is CC(=NOC(C)O)c1cc(-c2ccccc2)cs1. The van der Waals surface area contributed by atoms with Crippen LogP contribution < -0.4 is 0 Å². The molecule has 0 saturated heterocycles. The van der Waals surface area contributed by atoms with Gasteiger partial charge < -0.3 is 9.94 Å². The fourth-order valence-electron chi connectivity index (χ4n) is 1.51. The maximum atomic E-state index is 9.01. The van der Waals surface area contributed by atoms with Gasteiger partial charge in [0.15, 0.2) is 0 Å². The van der Waals surface area contributed by atoms with Gasteiger partial charge in [-0.05, 0) is 29.5 Å². The molecule has 1 N–H and O–H groups in total. The summed E-state index contributed by atoms with van der Waals surface area (Å²) in [5, 5.41) is 15.0. The first-order valence-electron chi connectivity index (χ1n) is 5.69. The summed E-state index contributed by atoms with van der Waals surface area (Å²) in [7, 11) is 0. The standard InChI is InChI=1S/C14H15NO2S/c1-10(15-17-11(2)16)14-8-13(9-18-14)12-6-4-3-5-7-12/h3-9,11,16H,1-2H3. The molecule has 1 heterocycles. The van der Waals surface area contributed by atoms with Crippen LogP contribution in [0.4, 0.5) is 0 Å². The largest absolute Gasteiger partial charge is 0.364 e. The van der Waals surface area contributed by atoms with Crippen molar-refractivity contribution in [3.8, 4) is 11.1 Å². The van der Waals surface area contributed by atoms with E-state index in [1.165, 1.54) is 18.1 Å². The first-order valence-corrected chi connectivity index (χ1v) is 6.57. The van der Waals surface area contributed by atoms with E-state index >= 15 is 0 Å². The lowest BCUT2D eigenvalue weighted by Gasteiger charge is -2.01. The van der Waals surface area contributed by atoms with E-state index in [4.69, 9.17) is 9.94 Å². The minimum absolute atomic E-state index is 0.767. The second kappa shape index (κ2) is 5.80. The van der Waals surface area contributed by atoms with Crippen LogP contribution in [-0.2, 0) is 4.84 Å². The molecule has 0 aliphatic rings. The highest BCUT2D eigenvalue weighted by atomic mass is 32.1. The van der Waals surface area contributed by atoms with Gasteiger partial charge in [0.2, 0.25) is 6.29 Å². The summed E-state index contributed by atoms with van der Waals surface area (Å²) >= 11 is 1.61. The number of aliphatic hydroxyl groups is 1. The van der Waals surface area contributed by atoms with Gasteiger partial charge in [-0.3, -0.25) is 0 Å². The topological polar surface area (TPSA) is 41.8 Å². The molecule has 0 aliphatic carbocycles. The Kier molecular flexibility index (Phi) is 4.12. The minimum Gasteiger partial charge on any atom is -0.364 e. The van der Waals surface area contributed by atoms with Crippen LogP contribution in [0.1, 0.15) is 18.7 Å². The number of aliphatic hydroxyl groups excluding tert-OH is 1. The second-order valence-electron chi connectivity index (χ2n) is 3.95. The summed E-state index contributed by atoms with van der Waals surface area (Å²) in [6.07, 6.45) is -0.881. The van der Waals surface area contributed by atoms with Crippen molar-refractivity contribution in [2.75, 3.05) is 0 Å². The molecule has 0 spiro atoms. The number of oxime groups is 1. The molecule has 94 valence electrons. The number of rotatable bonds is 4. The average Bonchev–Trinajstić information content (AvgIpc) is 2.86. The van der Waals surface area contributed by atoms with Crippen LogP contribution in [0.2, 0.25) is 0 Å². The van der Waals surface area contributed by atoms with Crippen LogP contribution in [0.15, 0.2) is 46.9 Å². The number of nitrogens with zero attached hydrogens (tertiary/aromatic N) is 1. The van der Waals surface area contributed by atoms with Crippen molar-refractivity contribution in [3.63, 3.8) is 0 Å². The molecule has 1 unspecified atom stereocenters. The zero-order chi connectivity index (χ0) is 13.0. The van der Waals surface area contributed by atoms with E-state index in [1.807, 2.05) is 25.1 Å². The van der Waals surface area contributed by atoms with E-state index in [1.54, 1.807) is 11.3 Å². The lowest BCUT2D eigenvalue weighted by Crippen LogP contribution is -2.03. The van der Waals surface area contributed by atoms with Gasteiger partial charge in [0, 0.05) is 6.92 Å². The van der Waals surface area contributed by atoms with Crippen molar-refractivity contribution in [2.24, 2.45) is 5.16 Å².